The van der Waals surface area contributed by atoms with E-state index in [2.05, 4.69) is 25.3 Å². The van der Waals surface area contributed by atoms with Gasteiger partial charge in [0, 0.05) is 39.6 Å². The van der Waals surface area contributed by atoms with Gasteiger partial charge >= 0.3 is 0 Å². The van der Waals surface area contributed by atoms with Crippen LogP contribution in [0.2, 0.25) is 0 Å². The largest absolute Gasteiger partial charge is 0.368 e. The molecule has 2 heterocycles. The van der Waals surface area contributed by atoms with Crippen molar-refractivity contribution in [1.82, 2.24) is 24.5 Å². The van der Waals surface area contributed by atoms with Gasteiger partial charge in [-0.2, -0.15) is 15.0 Å². The zero-order chi connectivity index (χ0) is 13.7. The van der Waals surface area contributed by atoms with Gasteiger partial charge in [-0.05, 0) is 6.42 Å². The number of hydrogen-bond donors (Lipinski definition) is 2. The minimum absolute atomic E-state index is 0.218. The van der Waals surface area contributed by atoms with E-state index in [1.165, 1.54) is 0 Å². The van der Waals surface area contributed by atoms with E-state index in [4.69, 9.17) is 5.73 Å². The second-order valence-electron chi connectivity index (χ2n) is 4.29. The summed E-state index contributed by atoms with van der Waals surface area (Å²) in [6, 6.07) is 0. The van der Waals surface area contributed by atoms with Gasteiger partial charge in [-0.15, -0.1) is 0 Å². The molecule has 8 nitrogen and oxygen atoms in total. The van der Waals surface area contributed by atoms with Crippen LogP contribution in [-0.2, 0) is 6.54 Å². The van der Waals surface area contributed by atoms with E-state index in [1.54, 1.807) is 17.4 Å². The van der Waals surface area contributed by atoms with Gasteiger partial charge in [-0.3, -0.25) is 0 Å². The van der Waals surface area contributed by atoms with Crippen LogP contribution in [0.4, 0.5) is 17.8 Å². The Morgan fingerprint density at radius 1 is 1.32 bits per heavy atom. The molecule has 0 saturated carbocycles. The SMILES string of the molecule is CN(C)c1nc(N)nc(NCCCn2ccnc2)n1. The number of imidazole rings is 1. The van der Waals surface area contributed by atoms with Crippen LogP contribution in [0.25, 0.3) is 0 Å². The third-order valence-electron chi connectivity index (χ3n) is 2.48. The van der Waals surface area contributed by atoms with E-state index in [9.17, 15) is 0 Å². The Hall–Kier alpha value is -2.38. The predicted octanol–water partition coefficient (Wildman–Crippen LogP) is 0.218. The van der Waals surface area contributed by atoms with Gasteiger partial charge in [0.05, 0.1) is 6.33 Å². The molecule has 8 heteroatoms. The van der Waals surface area contributed by atoms with Crippen LogP contribution in [0.3, 0.4) is 0 Å². The molecule has 0 fully saturated rings. The molecule has 2 aromatic heterocycles. The van der Waals surface area contributed by atoms with Crippen molar-refractivity contribution in [2.75, 3.05) is 36.6 Å². The summed E-state index contributed by atoms with van der Waals surface area (Å²) in [5, 5.41) is 3.14. The van der Waals surface area contributed by atoms with Crippen LogP contribution in [0.5, 0.6) is 0 Å². The molecule has 2 rings (SSSR count). The van der Waals surface area contributed by atoms with Gasteiger partial charge < -0.3 is 20.5 Å². The molecule has 0 aliphatic carbocycles. The van der Waals surface area contributed by atoms with Crippen LogP contribution in [0, 0.1) is 0 Å². The first-order valence-corrected chi connectivity index (χ1v) is 6.03. The van der Waals surface area contributed by atoms with E-state index < -0.39 is 0 Å². The average molecular weight is 262 g/mol. The Morgan fingerprint density at radius 2 is 2.16 bits per heavy atom. The van der Waals surface area contributed by atoms with Crippen molar-refractivity contribution in [2.45, 2.75) is 13.0 Å². The number of rotatable bonds is 6. The lowest BCUT2D eigenvalue weighted by Gasteiger charge is -2.12. The topological polar surface area (TPSA) is 97.8 Å². The second-order valence-corrected chi connectivity index (χ2v) is 4.29. The van der Waals surface area contributed by atoms with Gasteiger partial charge in [0.1, 0.15) is 0 Å². The number of nitrogen functional groups attached to an aromatic ring is 1. The van der Waals surface area contributed by atoms with Crippen molar-refractivity contribution in [3.8, 4) is 0 Å². The molecule has 0 unspecified atom stereocenters. The van der Waals surface area contributed by atoms with E-state index in [0.29, 0.717) is 11.9 Å². The summed E-state index contributed by atoms with van der Waals surface area (Å²) >= 11 is 0. The normalized spacial score (nSPS) is 10.4. The molecule has 2 aromatic rings. The van der Waals surface area contributed by atoms with Crippen molar-refractivity contribution < 1.29 is 0 Å². The summed E-state index contributed by atoms with van der Waals surface area (Å²) < 4.78 is 2.02. The summed E-state index contributed by atoms with van der Waals surface area (Å²) in [6.07, 6.45) is 6.44. The summed E-state index contributed by atoms with van der Waals surface area (Å²) in [6.45, 7) is 1.66. The highest BCUT2D eigenvalue weighted by molar-refractivity contribution is 5.40. The molecule has 0 radical (unpaired) electrons. The van der Waals surface area contributed by atoms with Crippen molar-refractivity contribution in [3.63, 3.8) is 0 Å². The van der Waals surface area contributed by atoms with Gasteiger partial charge in [0.25, 0.3) is 0 Å². The number of nitrogens with two attached hydrogens (primary N) is 1. The number of nitrogens with zero attached hydrogens (tertiary/aromatic N) is 6. The fourth-order valence-electron chi connectivity index (χ4n) is 1.54. The third kappa shape index (κ3) is 3.80. The molecule has 0 spiro atoms. The number of anilines is 3. The highest BCUT2D eigenvalue weighted by atomic mass is 15.3. The molecule has 0 aromatic carbocycles. The quantitative estimate of drug-likeness (QED) is 0.718. The van der Waals surface area contributed by atoms with E-state index in [0.717, 1.165) is 19.5 Å². The Bertz CT molecular complexity index is 507. The van der Waals surface area contributed by atoms with Gasteiger partial charge in [0.2, 0.25) is 17.8 Å². The molecule has 102 valence electrons. The predicted molar refractivity (Wildman–Crippen MR) is 73.9 cm³/mol. The van der Waals surface area contributed by atoms with E-state index in [1.807, 2.05) is 24.9 Å². The lowest BCUT2D eigenvalue weighted by molar-refractivity contribution is 0.659. The van der Waals surface area contributed by atoms with E-state index in [-0.39, 0.29) is 5.95 Å². The maximum absolute atomic E-state index is 5.64. The molecular formula is C11H18N8. The van der Waals surface area contributed by atoms with E-state index >= 15 is 0 Å². The average Bonchev–Trinajstić information content (AvgIpc) is 2.87. The first kappa shape index (κ1) is 13.1. The summed E-state index contributed by atoms with van der Waals surface area (Å²) in [7, 11) is 3.72. The maximum Gasteiger partial charge on any atom is 0.231 e. The number of aromatic nitrogens is 5. The first-order valence-electron chi connectivity index (χ1n) is 6.03. The Kier molecular flexibility index (Phi) is 4.11. The molecular weight excluding hydrogens is 244 g/mol. The lowest BCUT2D eigenvalue weighted by Crippen LogP contribution is -2.17. The fraction of sp³-hybridized carbons (Fsp3) is 0.455. The summed E-state index contributed by atoms with van der Waals surface area (Å²) in [4.78, 5) is 18.1. The molecule has 0 aliphatic heterocycles. The van der Waals surface area contributed by atoms with Crippen LogP contribution >= 0.6 is 0 Å². The fourth-order valence-corrected chi connectivity index (χ4v) is 1.54. The van der Waals surface area contributed by atoms with Crippen molar-refractivity contribution in [3.05, 3.63) is 18.7 Å². The summed E-state index contributed by atoms with van der Waals surface area (Å²) in [5.41, 5.74) is 5.64. The summed E-state index contributed by atoms with van der Waals surface area (Å²) in [5.74, 6) is 1.27. The molecule has 0 amide bonds. The highest BCUT2D eigenvalue weighted by Gasteiger charge is 2.05. The van der Waals surface area contributed by atoms with Crippen LogP contribution in [-0.4, -0.2) is 45.1 Å². The molecule has 0 bridgehead atoms. The number of aryl methyl sites for hydroxylation is 1. The standard InChI is InChI=1S/C11H18N8/c1-18(2)11-16-9(12)15-10(17-11)14-4-3-6-19-7-5-13-8-19/h5,7-8H,3-4,6H2,1-2H3,(H3,12,14,15,16,17). The molecule has 3 N–H and O–H groups in total. The first-order chi connectivity index (χ1) is 9.15. The molecule has 0 atom stereocenters. The van der Waals surface area contributed by atoms with Crippen molar-refractivity contribution in [2.24, 2.45) is 0 Å². The Balaban J connectivity index is 1.85. The number of hydrogen-bond acceptors (Lipinski definition) is 7. The van der Waals surface area contributed by atoms with Gasteiger partial charge in [-0.25, -0.2) is 4.98 Å². The van der Waals surface area contributed by atoms with Gasteiger partial charge in [0.15, 0.2) is 0 Å². The number of nitrogens with one attached hydrogen (secondary N) is 1. The zero-order valence-corrected chi connectivity index (χ0v) is 11.1. The second kappa shape index (κ2) is 5.98. The Morgan fingerprint density at radius 3 is 2.84 bits per heavy atom. The van der Waals surface area contributed by atoms with Crippen LogP contribution in [0.1, 0.15) is 6.42 Å². The molecule has 0 aliphatic rings. The van der Waals surface area contributed by atoms with Gasteiger partial charge in [-0.1, -0.05) is 0 Å². The van der Waals surface area contributed by atoms with Crippen molar-refractivity contribution in [1.29, 1.82) is 0 Å². The monoisotopic (exact) mass is 262 g/mol. The molecule has 19 heavy (non-hydrogen) atoms. The Labute approximate surface area is 111 Å². The van der Waals surface area contributed by atoms with Crippen LogP contribution in [0.15, 0.2) is 18.7 Å². The lowest BCUT2D eigenvalue weighted by atomic mass is 10.4. The highest BCUT2D eigenvalue weighted by Crippen LogP contribution is 2.08. The maximum atomic E-state index is 5.64. The minimum atomic E-state index is 0.218. The molecule has 0 saturated heterocycles. The van der Waals surface area contributed by atoms with Crippen molar-refractivity contribution >= 4 is 17.8 Å². The van der Waals surface area contributed by atoms with Crippen LogP contribution < -0.4 is 16.0 Å². The smallest absolute Gasteiger partial charge is 0.231 e. The third-order valence-corrected chi connectivity index (χ3v) is 2.48. The zero-order valence-electron chi connectivity index (χ0n) is 11.1. The minimum Gasteiger partial charge on any atom is -0.368 e.